The second-order valence-corrected chi connectivity index (χ2v) is 7.19. The zero-order valence-electron chi connectivity index (χ0n) is 17.3. The minimum Gasteiger partial charge on any atom is -0.493 e. The summed E-state index contributed by atoms with van der Waals surface area (Å²) in [6.45, 7) is 5.58. The van der Waals surface area contributed by atoms with Crippen LogP contribution >= 0.6 is 0 Å². The van der Waals surface area contributed by atoms with E-state index in [-0.39, 0.29) is 29.3 Å². The smallest absolute Gasteiger partial charge is 0.286 e. The minimum atomic E-state index is -0.593. The number of nitro benzene ring substituents is 1. The Kier molecular flexibility index (Phi) is 7.24. The van der Waals surface area contributed by atoms with Crippen molar-refractivity contribution in [1.29, 1.82) is 0 Å². The number of carbonyl (C=O) groups is 1. The van der Waals surface area contributed by atoms with Crippen molar-refractivity contribution in [3.63, 3.8) is 0 Å². The van der Waals surface area contributed by atoms with E-state index in [4.69, 9.17) is 9.47 Å². The van der Waals surface area contributed by atoms with Gasteiger partial charge in [0, 0.05) is 19.2 Å². The molecule has 0 bridgehead atoms. The van der Waals surface area contributed by atoms with Crippen LogP contribution in [0.5, 0.6) is 11.5 Å². The van der Waals surface area contributed by atoms with Crippen LogP contribution in [0.3, 0.4) is 0 Å². The lowest BCUT2D eigenvalue weighted by atomic mass is 10.1. The summed E-state index contributed by atoms with van der Waals surface area (Å²) in [7, 11) is 1.43. The lowest BCUT2D eigenvalue weighted by molar-refractivity contribution is -0.385. The molecular formula is C22H27N3O5. The van der Waals surface area contributed by atoms with Crippen LogP contribution in [-0.4, -0.2) is 42.5 Å². The van der Waals surface area contributed by atoms with E-state index in [2.05, 4.69) is 22.3 Å². The van der Waals surface area contributed by atoms with Crippen LogP contribution in [-0.2, 0) is 13.1 Å². The molecule has 0 spiro atoms. The fourth-order valence-corrected chi connectivity index (χ4v) is 3.55. The van der Waals surface area contributed by atoms with Crippen molar-refractivity contribution in [1.82, 2.24) is 10.2 Å². The van der Waals surface area contributed by atoms with E-state index in [1.807, 2.05) is 12.1 Å². The molecule has 1 heterocycles. The van der Waals surface area contributed by atoms with Crippen molar-refractivity contribution >= 4 is 11.6 Å². The van der Waals surface area contributed by atoms with Crippen LogP contribution in [0.4, 0.5) is 5.69 Å². The molecule has 0 unspecified atom stereocenters. The molecule has 2 aromatic rings. The molecule has 2 aromatic carbocycles. The minimum absolute atomic E-state index is 0.0639. The first-order chi connectivity index (χ1) is 14.5. The van der Waals surface area contributed by atoms with E-state index >= 15 is 0 Å². The van der Waals surface area contributed by atoms with Crippen molar-refractivity contribution < 1.29 is 19.2 Å². The number of amides is 1. The molecule has 0 aromatic heterocycles. The quantitative estimate of drug-likeness (QED) is 0.499. The van der Waals surface area contributed by atoms with Gasteiger partial charge in [-0.3, -0.25) is 19.8 Å². The number of benzene rings is 2. The molecule has 1 aliphatic rings. The lowest BCUT2D eigenvalue weighted by Crippen LogP contribution is -2.24. The first-order valence-corrected chi connectivity index (χ1v) is 10.1. The van der Waals surface area contributed by atoms with Gasteiger partial charge in [-0.15, -0.1) is 0 Å². The number of hydrogen-bond donors (Lipinski definition) is 1. The molecule has 0 aliphatic carbocycles. The van der Waals surface area contributed by atoms with E-state index < -0.39 is 10.8 Å². The summed E-state index contributed by atoms with van der Waals surface area (Å²) in [5, 5.41) is 14.2. The topological polar surface area (TPSA) is 93.9 Å². The molecule has 0 radical (unpaired) electrons. The summed E-state index contributed by atoms with van der Waals surface area (Å²) in [5.74, 6) is -0.0279. The van der Waals surface area contributed by atoms with Gasteiger partial charge in [0.05, 0.1) is 24.7 Å². The zero-order chi connectivity index (χ0) is 21.5. The number of rotatable bonds is 9. The molecule has 1 saturated heterocycles. The lowest BCUT2D eigenvalue weighted by Gasteiger charge is -2.15. The summed E-state index contributed by atoms with van der Waals surface area (Å²) >= 11 is 0. The number of nitro groups is 1. The van der Waals surface area contributed by atoms with Gasteiger partial charge in [0.2, 0.25) is 0 Å². The predicted molar refractivity (Wildman–Crippen MR) is 113 cm³/mol. The van der Waals surface area contributed by atoms with E-state index in [0.29, 0.717) is 6.61 Å². The molecule has 1 fully saturated rings. The number of ether oxygens (including phenoxy) is 2. The van der Waals surface area contributed by atoms with Gasteiger partial charge in [0.15, 0.2) is 11.5 Å². The summed E-state index contributed by atoms with van der Waals surface area (Å²) in [6, 6.07) is 10.6. The number of nitrogens with zero attached hydrogens (tertiary/aromatic N) is 2. The highest BCUT2D eigenvalue weighted by atomic mass is 16.6. The molecule has 1 aliphatic heterocycles. The fourth-order valence-electron chi connectivity index (χ4n) is 3.55. The summed E-state index contributed by atoms with van der Waals surface area (Å²) in [5.41, 5.74) is 1.77. The average Bonchev–Trinajstić information content (AvgIpc) is 3.26. The van der Waals surface area contributed by atoms with Gasteiger partial charge in [-0.25, -0.2) is 0 Å². The Morgan fingerprint density at radius 3 is 2.40 bits per heavy atom. The van der Waals surface area contributed by atoms with Crippen molar-refractivity contribution in [2.24, 2.45) is 0 Å². The molecule has 8 nitrogen and oxygen atoms in total. The highest BCUT2D eigenvalue weighted by molar-refractivity contribution is 5.99. The fraction of sp³-hybridized carbons (Fsp3) is 0.409. The first kappa shape index (κ1) is 21.6. The van der Waals surface area contributed by atoms with Crippen LogP contribution in [0, 0.1) is 10.1 Å². The van der Waals surface area contributed by atoms with E-state index in [9.17, 15) is 14.9 Å². The number of nitrogens with one attached hydrogen (secondary N) is 1. The SMILES string of the molecule is CCOc1cc([N+](=O)[O-])c(C(=O)NCc2ccc(CN3CCCC3)cc2)cc1OC. The average molecular weight is 413 g/mol. The molecule has 1 amide bonds. The molecule has 0 saturated carbocycles. The molecule has 8 heteroatoms. The van der Waals surface area contributed by atoms with E-state index in [0.717, 1.165) is 25.2 Å². The van der Waals surface area contributed by atoms with E-state index in [1.165, 1.54) is 37.6 Å². The molecular weight excluding hydrogens is 386 g/mol. The number of hydrogen-bond acceptors (Lipinski definition) is 6. The Morgan fingerprint density at radius 2 is 1.80 bits per heavy atom. The van der Waals surface area contributed by atoms with Gasteiger partial charge < -0.3 is 14.8 Å². The van der Waals surface area contributed by atoms with E-state index in [1.54, 1.807) is 6.92 Å². The third-order valence-electron chi connectivity index (χ3n) is 5.10. The summed E-state index contributed by atoms with van der Waals surface area (Å²) in [6.07, 6.45) is 2.51. The van der Waals surface area contributed by atoms with Crippen molar-refractivity contribution in [3.8, 4) is 11.5 Å². The van der Waals surface area contributed by atoms with Crippen LogP contribution in [0.25, 0.3) is 0 Å². The third kappa shape index (κ3) is 5.27. The number of carbonyl (C=O) groups excluding carboxylic acids is 1. The van der Waals surface area contributed by atoms with Crippen molar-refractivity contribution in [2.45, 2.75) is 32.9 Å². The van der Waals surface area contributed by atoms with Gasteiger partial charge in [-0.2, -0.15) is 0 Å². The van der Waals surface area contributed by atoms with Crippen LogP contribution in [0.15, 0.2) is 36.4 Å². The highest BCUT2D eigenvalue weighted by Crippen LogP contribution is 2.34. The van der Waals surface area contributed by atoms with Crippen LogP contribution < -0.4 is 14.8 Å². The molecule has 30 heavy (non-hydrogen) atoms. The standard InChI is InChI=1S/C22H27N3O5/c1-3-30-21-13-19(25(27)28)18(12-20(21)29-2)22(26)23-14-16-6-8-17(9-7-16)15-24-10-4-5-11-24/h6-9,12-13H,3-5,10-11,14-15H2,1-2H3,(H,23,26). The number of methoxy groups -OCH3 is 1. The Balaban J connectivity index is 1.68. The summed E-state index contributed by atoms with van der Waals surface area (Å²) in [4.78, 5) is 26.0. The molecule has 160 valence electrons. The normalized spacial score (nSPS) is 13.8. The van der Waals surface area contributed by atoms with Gasteiger partial charge in [0.1, 0.15) is 5.56 Å². The van der Waals surface area contributed by atoms with Gasteiger partial charge >= 0.3 is 0 Å². The maximum Gasteiger partial charge on any atom is 0.286 e. The third-order valence-corrected chi connectivity index (χ3v) is 5.10. The Labute approximate surface area is 175 Å². The zero-order valence-corrected chi connectivity index (χ0v) is 17.3. The van der Waals surface area contributed by atoms with Gasteiger partial charge in [-0.1, -0.05) is 24.3 Å². The Morgan fingerprint density at radius 1 is 1.13 bits per heavy atom. The predicted octanol–water partition coefficient (Wildman–Crippen LogP) is 3.53. The second kappa shape index (κ2) is 10.1. The van der Waals surface area contributed by atoms with Gasteiger partial charge in [0.25, 0.3) is 11.6 Å². The van der Waals surface area contributed by atoms with Crippen molar-refractivity contribution in [2.75, 3.05) is 26.8 Å². The number of likely N-dealkylation sites (tertiary alicyclic amines) is 1. The maximum absolute atomic E-state index is 12.7. The largest absolute Gasteiger partial charge is 0.493 e. The van der Waals surface area contributed by atoms with Gasteiger partial charge in [-0.05, 0) is 44.0 Å². The Bertz CT molecular complexity index is 892. The molecule has 3 rings (SSSR count). The van der Waals surface area contributed by atoms with Crippen LogP contribution in [0.2, 0.25) is 0 Å². The monoisotopic (exact) mass is 413 g/mol. The Hall–Kier alpha value is -3.13. The maximum atomic E-state index is 12.7. The molecule has 1 N–H and O–H groups in total. The second-order valence-electron chi connectivity index (χ2n) is 7.19. The van der Waals surface area contributed by atoms with Crippen LogP contribution in [0.1, 0.15) is 41.3 Å². The molecule has 0 atom stereocenters. The first-order valence-electron chi connectivity index (χ1n) is 10.1. The summed E-state index contributed by atoms with van der Waals surface area (Å²) < 4.78 is 10.6. The van der Waals surface area contributed by atoms with Crippen molar-refractivity contribution in [3.05, 3.63) is 63.2 Å². The highest BCUT2D eigenvalue weighted by Gasteiger charge is 2.24.